The molecule has 0 fully saturated rings. The van der Waals surface area contributed by atoms with E-state index in [4.69, 9.17) is 5.26 Å². The molecule has 2 aromatic rings. The highest BCUT2D eigenvalue weighted by molar-refractivity contribution is 5.32. The van der Waals surface area contributed by atoms with Crippen LogP contribution in [0.25, 0.3) is 0 Å². The Kier molecular flexibility index (Phi) is 5.54. The van der Waals surface area contributed by atoms with Crippen LogP contribution >= 0.6 is 0 Å². The Morgan fingerprint density at radius 2 is 1.81 bits per heavy atom. The second-order valence-electron chi connectivity index (χ2n) is 5.79. The van der Waals surface area contributed by atoms with E-state index in [2.05, 4.69) is 55.6 Å². The molecule has 0 radical (unpaired) electrons. The molecule has 0 bridgehead atoms. The summed E-state index contributed by atoms with van der Waals surface area (Å²) in [5, 5.41) is 12.6. The maximum Gasteiger partial charge on any atom is 0.0991 e. The highest BCUT2D eigenvalue weighted by Gasteiger charge is 2.12. The lowest BCUT2D eigenvalue weighted by molar-refractivity contribution is 0.428. The summed E-state index contributed by atoms with van der Waals surface area (Å²) in [6, 6.07) is 20.9. The molecule has 21 heavy (non-hydrogen) atoms. The van der Waals surface area contributed by atoms with Crippen LogP contribution in [0.1, 0.15) is 43.0 Å². The fourth-order valence-electron chi connectivity index (χ4n) is 2.49. The molecule has 1 atom stereocenters. The molecule has 2 rings (SSSR count). The van der Waals surface area contributed by atoms with E-state index in [-0.39, 0.29) is 0 Å². The van der Waals surface area contributed by atoms with Gasteiger partial charge in [-0.2, -0.15) is 5.26 Å². The predicted octanol–water partition coefficient (Wildman–Crippen LogP) is 4.44. The lowest BCUT2D eigenvalue weighted by Gasteiger charge is -2.21. The van der Waals surface area contributed by atoms with E-state index < -0.39 is 0 Å². The van der Waals surface area contributed by atoms with Gasteiger partial charge in [0.25, 0.3) is 0 Å². The van der Waals surface area contributed by atoms with Gasteiger partial charge in [0, 0.05) is 12.6 Å². The van der Waals surface area contributed by atoms with Crippen LogP contribution in [0, 0.1) is 17.2 Å². The summed E-state index contributed by atoms with van der Waals surface area (Å²) in [6.07, 6.45) is 1.10. The molecule has 108 valence electrons. The summed E-state index contributed by atoms with van der Waals surface area (Å²) in [7, 11) is 0. The van der Waals surface area contributed by atoms with Crippen molar-refractivity contribution in [2.75, 3.05) is 0 Å². The molecular weight excluding hydrogens is 256 g/mol. The molecule has 2 aromatic carbocycles. The van der Waals surface area contributed by atoms with E-state index in [0.29, 0.717) is 12.0 Å². The van der Waals surface area contributed by atoms with Gasteiger partial charge in [-0.05, 0) is 35.6 Å². The van der Waals surface area contributed by atoms with Crippen molar-refractivity contribution >= 4 is 0 Å². The molecular formula is C19H22N2. The minimum atomic E-state index is 0.344. The fourth-order valence-corrected chi connectivity index (χ4v) is 2.49. The Hall–Kier alpha value is -2.11. The number of rotatable bonds is 6. The smallest absolute Gasteiger partial charge is 0.0991 e. The standard InChI is InChI=1S/C19H22N2/c1-15(2)11-19(18-9-4-3-5-10-18)21-14-17-8-6-7-16(12-17)13-20/h3-10,12,15,19,21H,11,14H2,1-2H3. The highest BCUT2D eigenvalue weighted by Crippen LogP contribution is 2.21. The first-order valence-corrected chi connectivity index (χ1v) is 7.46. The first-order valence-electron chi connectivity index (χ1n) is 7.46. The second kappa shape index (κ2) is 7.61. The number of nitrogens with one attached hydrogen (secondary N) is 1. The maximum absolute atomic E-state index is 8.97. The van der Waals surface area contributed by atoms with Crippen molar-refractivity contribution in [3.8, 4) is 6.07 Å². The van der Waals surface area contributed by atoms with Gasteiger partial charge >= 0.3 is 0 Å². The zero-order chi connectivity index (χ0) is 15.1. The summed E-state index contributed by atoms with van der Waals surface area (Å²) in [4.78, 5) is 0. The largest absolute Gasteiger partial charge is 0.306 e. The second-order valence-corrected chi connectivity index (χ2v) is 5.79. The van der Waals surface area contributed by atoms with Crippen LogP contribution in [0.5, 0.6) is 0 Å². The van der Waals surface area contributed by atoms with Gasteiger partial charge in [-0.3, -0.25) is 0 Å². The van der Waals surface area contributed by atoms with Crippen LogP contribution < -0.4 is 5.32 Å². The normalized spacial score (nSPS) is 12.1. The molecule has 0 aliphatic carbocycles. The van der Waals surface area contributed by atoms with Gasteiger partial charge in [0.2, 0.25) is 0 Å². The zero-order valence-corrected chi connectivity index (χ0v) is 12.7. The number of hydrogen-bond acceptors (Lipinski definition) is 2. The van der Waals surface area contributed by atoms with Crippen LogP contribution in [0.4, 0.5) is 0 Å². The molecule has 0 aliphatic rings. The molecule has 1 unspecified atom stereocenters. The Bertz CT molecular complexity index is 596. The average Bonchev–Trinajstić information content (AvgIpc) is 2.52. The van der Waals surface area contributed by atoms with Crippen LogP contribution in [-0.4, -0.2) is 0 Å². The molecule has 0 saturated heterocycles. The summed E-state index contributed by atoms with van der Waals surface area (Å²) in [5.41, 5.74) is 3.19. The Balaban J connectivity index is 2.07. The van der Waals surface area contributed by atoms with Gasteiger partial charge in [-0.15, -0.1) is 0 Å². The lowest BCUT2D eigenvalue weighted by atomic mass is 9.96. The van der Waals surface area contributed by atoms with Crippen molar-refractivity contribution in [2.45, 2.75) is 32.9 Å². The number of benzene rings is 2. The summed E-state index contributed by atoms with van der Waals surface area (Å²) in [5.74, 6) is 0.633. The summed E-state index contributed by atoms with van der Waals surface area (Å²) >= 11 is 0. The Morgan fingerprint density at radius 1 is 1.05 bits per heavy atom. The van der Waals surface area contributed by atoms with Crippen molar-refractivity contribution in [1.29, 1.82) is 5.26 Å². The van der Waals surface area contributed by atoms with Crippen molar-refractivity contribution in [3.63, 3.8) is 0 Å². The van der Waals surface area contributed by atoms with Gasteiger partial charge in [-0.1, -0.05) is 56.3 Å². The Labute approximate surface area is 127 Å². The average molecular weight is 278 g/mol. The molecule has 0 amide bonds. The monoisotopic (exact) mass is 278 g/mol. The number of nitrogens with zero attached hydrogens (tertiary/aromatic N) is 1. The van der Waals surface area contributed by atoms with E-state index in [1.165, 1.54) is 5.56 Å². The van der Waals surface area contributed by atoms with Crippen LogP contribution in [0.2, 0.25) is 0 Å². The SMILES string of the molecule is CC(C)CC(NCc1cccc(C#N)c1)c1ccccc1. The highest BCUT2D eigenvalue weighted by atomic mass is 14.9. The third-order valence-corrected chi connectivity index (χ3v) is 3.52. The maximum atomic E-state index is 8.97. The van der Waals surface area contributed by atoms with E-state index in [0.717, 1.165) is 24.1 Å². The molecule has 0 aromatic heterocycles. The first kappa shape index (κ1) is 15.3. The van der Waals surface area contributed by atoms with Gasteiger partial charge < -0.3 is 5.32 Å². The summed E-state index contributed by atoms with van der Waals surface area (Å²) in [6.45, 7) is 5.27. The molecule has 0 spiro atoms. The van der Waals surface area contributed by atoms with E-state index >= 15 is 0 Å². The third-order valence-electron chi connectivity index (χ3n) is 3.52. The number of hydrogen-bond donors (Lipinski definition) is 1. The predicted molar refractivity (Wildman–Crippen MR) is 86.6 cm³/mol. The quantitative estimate of drug-likeness (QED) is 0.848. The van der Waals surface area contributed by atoms with Crippen molar-refractivity contribution in [1.82, 2.24) is 5.32 Å². The third kappa shape index (κ3) is 4.73. The number of nitriles is 1. The topological polar surface area (TPSA) is 35.8 Å². The van der Waals surface area contributed by atoms with Gasteiger partial charge in [-0.25, -0.2) is 0 Å². The minimum absolute atomic E-state index is 0.344. The van der Waals surface area contributed by atoms with Gasteiger partial charge in [0.15, 0.2) is 0 Å². The lowest BCUT2D eigenvalue weighted by Crippen LogP contribution is -2.22. The van der Waals surface area contributed by atoms with Crippen LogP contribution in [0.3, 0.4) is 0 Å². The van der Waals surface area contributed by atoms with Crippen molar-refractivity contribution in [3.05, 3.63) is 71.3 Å². The molecule has 2 heteroatoms. The molecule has 0 aliphatic heterocycles. The van der Waals surface area contributed by atoms with Crippen molar-refractivity contribution < 1.29 is 0 Å². The molecule has 2 nitrogen and oxygen atoms in total. The zero-order valence-electron chi connectivity index (χ0n) is 12.7. The minimum Gasteiger partial charge on any atom is -0.306 e. The fraction of sp³-hybridized carbons (Fsp3) is 0.316. The van der Waals surface area contributed by atoms with Crippen molar-refractivity contribution in [2.24, 2.45) is 5.92 Å². The molecule has 0 saturated carbocycles. The van der Waals surface area contributed by atoms with E-state index in [9.17, 15) is 0 Å². The van der Waals surface area contributed by atoms with Crippen LogP contribution in [0.15, 0.2) is 54.6 Å². The first-order chi connectivity index (χ1) is 10.2. The molecule has 0 heterocycles. The summed E-state index contributed by atoms with van der Waals surface area (Å²) < 4.78 is 0. The van der Waals surface area contributed by atoms with E-state index in [1.54, 1.807) is 0 Å². The molecule has 1 N–H and O–H groups in total. The van der Waals surface area contributed by atoms with Crippen LogP contribution in [-0.2, 0) is 6.54 Å². The van der Waals surface area contributed by atoms with E-state index in [1.807, 2.05) is 24.3 Å². The van der Waals surface area contributed by atoms with Gasteiger partial charge in [0.05, 0.1) is 11.6 Å². The van der Waals surface area contributed by atoms with Gasteiger partial charge in [0.1, 0.15) is 0 Å². The Morgan fingerprint density at radius 3 is 2.48 bits per heavy atom.